The molecule has 1 aromatic heterocycles. The number of methoxy groups -OCH3 is 1. The predicted octanol–water partition coefficient (Wildman–Crippen LogP) is 5.03. The monoisotopic (exact) mass is 575 g/mol. The normalized spacial score (nSPS) is 20.7. The van der Waals surface area contributed by atoms with Crippen molar-refractivity contribution in [3.8, 4) is 5.75 Å². The standard InChI is InChI=1S/C32H42FN7O2/c1-4-23-19-27(30(41-3)20-29(23)39-12-9-26(10-13-39)38-16-14-37(2)15-17-38)36-31-21-32(35-22-34-31)40-28(11-18-42-40)24-5-7-25(33)8-6-24/h5-8,19-22,26,28H,4,9-18H2,1-3H3,(H,34,35,36)/t28-/m1/s1. The lowest BCUT2D eigenvalue weighted by molar-refractivity contribution is 0.0982. The second-order valence-electron chi connectivity index (χ2n) is 11.5. The summed E-state index contributed by atoms with van der Waals surface area (Å²) in [6.45, 7) is 9.57. The van der Waals surface area contributed by atoms with Gasteiger partial charge in [0, 0.05) is 69.6 Å². The van der Waals surface area contributed by atoms with Crippen LogP contribution in [0.1, 0.15) is 43.4 Å². The summed E-state index contributed by atoms with van der Waals surface area (Å²) in [7, 11) is 3.93. The Morgan fingerprint density at radius 1 is 0.976 bits per heavy atom. The Kier molecular flexibility index (Phi) is 8.73. The van der Waals surface area contributed by atoms with Crippen LogP contribution in [-0.2, 0) is 11.3 Å². The number of hydrogen-bond donors (Lipinski definition) is 1. The number of piperazine rings is 1. The third-order valence-electron chi connectivity index (χ3n) is 8.94. The average Bonchev–Trinajstić information content (AvgIpc) is 3.52. The molecule has 3 fully saturated rings. The van der Waals surface area contributed by atoms with E-state index in [0.717, 1.165) is 42.9 Å². The summed E-state index contributed by atoms with van der Waals surface area (Å²) >= 11 is 0. The largest absolute Gasteiger partial charge is 0.494 e. The summed E-state index contributed by atoms with van der Waals surface area (Å²) in [5.41, 5.74) is 4.39. The van der Waals surface area contributed by atoms with E-state index < -0.39 is 0 Å². The molecule has 1 N–H and O–H groups in total. The third kappa shape index (κ3) is 6.16. The number of ether oxygens (including phenoxy) is 1. The second kappa shape index (κ2) is 12.8. The molecule has 0 unspecified atom stereocenters. The van der Waals surface area contributed by atoms with Crippen LogP contribution < -0.4 is 20.0 Å². The number of hydroxylamine groups is 1. The van der Waals surface area contributed by atoms with Crippen LogP contribution in [0.5, 0.6) is 5.75 Å². The minimum absolute atomic E-state index is 0.0470. The van der Waals surface area contributed by atoms with E-state index in [1.807, 2.05) is 6.07 Å². The highest BCUT2D eigenvalue weighted by atomic mass is 19.1. The molecule has 0 radical (unpaired) electrons. The molecule has 0 spiro atoms. The zero-order chi connectivity index (χ0) is 29.1. The first-order valence-electron chi connectivity index (χ1n) is 15.2. The molecule has 3 aromatic rings. The Morgan fingerprint density at radius 3 is 2.45 bits per heavy atom. The van der Waals surface area contributed by atoms with Crippen molar-refractivity contribution in [1.82, 2.24) is 19.8 Å². The van der Waals surface area contributed by atoms with Crippen LogP contribution in [0.25, 0.3) is 0 Å². The minimum atomic E-state index is -0.251. The van der Waals surface area contributed by atoms with Crippen molar-refractivity contribution in [2.45, 2.75) is 44.7 Å². The van der Waals surface area contributed by atoms with E-state index in [2.05, 4.69) is 56.1 Å². The molecule has 3 aliphatic heterocycles. The highest BCUT2D eigenvalue weighted by Crippen LogP contribution is 2.38. The predicted molar refractivity (Wildman–Crippen MR) is 164 cm³/mol. The minimum Gasteiger partial charge on any atom is -0.494 e. The molecule has 3 saturated heterocycles. The molecule has 4 heterocycles. The number of anilines is 4. The molecule has 9 nitrogen and oxygen atoms in total. The smallest absolute Gasteiger partial charge is 0.158 e. The average molecular weight is 576 g/mol. The van der Waals surface area contributed by atoms with Crippen LogP contribution in [0.15, 0.2) is 48.8 Å². The first-order chi connectivity index (χ1) is 20.5. The maximum absolute atomic E-state index is 13.5. The van der Waals surface area contributed by atoms with Crippen LogP contribution in [0, 0.1) is 5.82 Å². The van der Waals surface area contributed by atoms with Gasteiger partial charge in [0.15, 0.2) is 5.82 Å². The molecular weight excluding hydrogens is 533 g/mol. The van der Waals surface area contributed by atoms with Crippen LogP contribution >= 0.6 is 0 Å². The molecular formula is C32H42FN7O2. The van der Waals surface area contributed by atoms with Gasteiger partial charge in [-0.1, -0.05) is 19.1 Å². The van der Waals surface area contributed by atoms with Gasteiger partial charge in [-0.25, -0.2) is 19.4 Å². The fourth-order valence-electron chi connectivity index (χ4n) is 6.47. The van der Waals surface area contributed by atoms with Crippen molar-refractivity contribution < 1.29 is 14.0 Å². The number of aromatic nitrogens is 2. The van der Waals surface area contributed by atoms with Gasteiger partial charge in [0.25, 0.3) is 0 Å². The Morgan fingerprint density at radius 2 is 1.74 bits per heavy atom. The van der Waals surface area contributed by atoms with Gasteiger partial charge < -0.3 is 19.9 Å². The fraction of sp³-hybridized carbons (Fsp3) is 0.500. The molecule has 0 saturated carbocycles. The lowest BCUT2D eigenvalue weighted by Gasteiger charge is -2.43. The molecule has 2 aromatic carbocycles. The molecule has 3 aliphatic rings. The number of likely N-dealkylation sites (N-methyl/N-ethyl adjacent to an activating group) is 1. The topological polar surface area (TPSA) is 69.2 Å². The summed E-state index contributed by atoms with van der Waals surface area (Å²) in [6.07, 6.45) is 5.63. The number of aryl methyl sites for hydroxylation is 1. The van der Waals surface area contributed by atoms with Gasteiger partial charge in [-0.2, -0.15) is 0 Å². The Labute approximate surface area is 248 Å². The quantitative estimate of drug-likeness (QED) is 0.398. The number of nitrogens with one attached hydrogen (secondary N) is 1. The van der Waals surface area contributed by atoms with Gasteiger partial charge in [0.2, 0.25) is 0 Å². The molecule has 0 aliphatic carbocycles. The van der Waals surface area contributed by atoms with E-state index in [9.17, 15) is 4.39 Å². The zero-order valence-corrected chi connectivity index (χ0v) is 24.9. The number of hydrogen-bond acceptors (Lipinski definition) is 9. The molecule has 0 amide bonds. The number of nitrogens with zero attached hydrogens (tertiary/aromatic N) is 6. The van der Waals surface area contributed by atoms with Crippen molar-refractivity contribution in [3.63, 3.8) is 0 Å². The van der Waals surface area contributed by atoms with Gasteiger partial charge in [0.1, 0.15) is 23.7 Å². The number of halogens is 1. The summed E-state index contributed by atoms with van der Waals surface area (Å²) in [5.74, 6) is 1.83. The summed E-state index contributed by atoms with van der Waals surface area (Å²) in [5, 5.41) is 5.27. The van der Waals surface area contributed by atoms with Crippen LogP contribution in [0.3, 0.4) is 0 Å². The van der Waals surface area contributed by atoms with Crippen LogP contribution in [0.2, 0.25) is 0 Å². The van der Waals surface area contributed by atoms with Crippen molar-refractivity contribution in [3.05, 3.63) is 65.7 Å². The summed E-state index contributed by atoms with van der Waals surface area (Å²) < 4.78 is 19.4. The van der Waals surface area contributed by atoms with E-state index >= 15 is 0 Å². The van der Waals surface area contributed by atoms with E-state index in [1.54, 1.807) is 24.3 Å². The first-order valence-corrected chi connectivity index (χ1v) is 15.2. The van der Waals surface area contributed by atoms with Crippen LogP contribution in [-0.4, -0.2) is 85.8 Å². The molecule has 10 heteroatoms. The van der Waals surface area contributed by atoms with Crippen molar-refractivity contribution in [2.24, 2.45) is 0 Å². The SMILES string of the molecule is CCc1cc(Nc2cc(N3OCC[C@@H]3c3ccc(F)cc3)ncn2)c(OC)cc1N1CCC(N2CCN(C)CC2)CC1. The van der Waals surface area contributed by atoms with E-state index in [-0.39, 0.29) is 11.9 Å². The zero-order valence-electron chi connectivity index (χ0n) is 24.9. The van der Waals surface area contributed by atoms with Gasteiger partial charge in [-0.15, -0.1) is 0 Å². The highest BCUT2D eigenvalue weighted by molar-refractivity contribution is 5.73. The van der Waals surface area contributed by atoms with Crippen LogP contribution in [0.4, 0.5) is 27.4 Å². The number of rotatable bonds is 8. The maximum atomic E-state index is 13.5. The lowest BCUT2D eigenvalue weighted by Crippen LogP contribution is -2.52. The van der Waals surface area contributed by atoms with Gasteiger partial charge in [0.05, 0.1) is 25.4 Å². The van der Waals surface area contributed by atoms with Crippen molar-refractivity contribution >= 4 is 23.0 Å². The molecule has 224 valence electrons. The summed E-state index contributed by atoms with van der Waals surface area (Å²) in [6, 6.07) is 13.4. The molecule has 1 atom stereocenters. The van der Waals surface area contributed by atoms with E-state index in [1.165, 1.54) is 68.7 Å². The van der Waals surface area contributed by atoms with Gasteiger partial charge in [-0.3, -0.25) is 9.74 Å². The van der Waals surface area contributed by atoms with Crippen molar-refractivity contribution in [2.75, 3.05) is 75.3 Å². The fourth-order valence-corrected chi connectivity index (χ4v) is 6.47. The van der Waals surface area contributed by atoms with Gasteiger partial charge in [-0.05, 0) is 55.6 Å². The maximum Gasteiger partial charge on any atom is 0.158 e. The number of piperidine rings is 1. The second-order valence-corrected chi connectivity index (χ2v) is 11.5. The lowest BCUT2D eigenvalue weighted by atomic mass is 9.99. The first kappa shape index (κ1) is 28.6. The van der Waals surface area contributed by atoms with Crippen molar-refractivity contribution in [1.29, 1.82) is 0 Å². The van der Waals surface area contributed by atoms with E-state index in [0.29, 0.717) is 24.3 Å². The molecule has 42 heavy (non-hydrogen) atoms. The molecule has 6 rings (SSSR count). The summed E-state index contributed by atoms with van der Waals surface area (Å²) in [4.78, 5) is 22.6. The highest BCUT2D eigenvalue weighted by Gasteiger charge is 2.30. The Hall–Kier alpha value is -3.47. The van der Waals surface area contributed by atoms with Gasteiger partial charge >= 0.3 is 0 Å². The number of benzene rings is 2. The third-order valence-corrected chi connectivity index (χ3v) is 8.94. The molecule has 0 bridgehead atoms. The Balaban J connectivity index is 1.17. The Bertz CT molecular complexity index is 1340. The van der Waals surface area contributed by atoms with E-state index in [4.69, 9.17) is 9.57 Å².